The summed E-state index contributed by atoms with van der Waals surface area (Å²) < 4.78 is 0. The average Bonchev–Trinajstić information content (AvgIpc) is 2.88. The Bertz CT molecular complexity index is 1280. The topological polar surface area (TPSA) is 75.4 Å². The SMILES string of the molecule is Cl.NC(C(=O)N1CCN(c2nnc(-c3ccc(Cl)cc3)c3ccccc23)CC1)c1ccccc1. The highest BCUT2D eigenvalue weighted by Crippen LogP contribution is 2.32. The van der Waals surface area contributed by atoms with Gasteiger partial charge in [-0.1, -0.05) is 78.3 Å². The quantitative estimate of drug-likeness (QED) is 0.445. The highest BCUT2D eigenvalue weighted by molar-refractivity contribution is 6.30. The number of fused-ring (bicyclic) bond motifs is 1. The summed E-state index contributed by atoms with van der Waals surface area (Å²) in [6.07, 6.45) is 0. The van der Waals surface area contributed by atoms with Gasteiger partial charge in [-0.15, -0.1) is 22.6 Å². The van der Waals surface area contributed by atoms with Crippen LogP contribution in [0, 0.1) is 0 Å². The minimum atomic E-state index is -0.642. The van der Waals surface area contributed by atoms with Crippen LogP contribution in [0.5, 0.6) is 0 Å². The predicted octanol–water partition coefficient (Wildman–Crippen LogP) is 4.72. The number of benzene rings is 3. The number of aromatic nitrogens is 2. The molecule has 3 aromatic carbocycles. The van der Waals surface area contributed by atoms with E-state index >= 15 is 0 Å². The Morgan fingerprint density at radius 3 is 2.12 bits per heavy atom. The molecule has 8 heteroatoms. The molecule has 1 fully saturated rings. The van der Waals surface area contributed by atoms with Gasteiger partial charge in [0.15, 0.2) is 5.82 Å². The van der Waals surface area contributed by atoms with E-state index in [9.17, 15) is 4.79 Å². The molecular formula is C26H25Cl2N5O. The number of hydrogen-bond donors (Lipinski definition) is 1. The van der Waals surface area contributed by atoms with Gasteiger partial charge in [-0.2, -0.15) is 0 Å². The van der Waals surface area contributed by atoms with Gasteiger partial charge in [0.05, 0.1) is 0 Å². The Kier molecular flexibility index (Phi) is 7.32. The van der Waals surface area contributed by atoms with Gasteiger partial charge in [-0.3, -0.25) is 4.79 Å². The fourth-order valence-electron chi connectivity index (χ4n) is 4.28. The highest BCUT2D eigenvalue weighted by Gasteiger charge is 2.27. The fraction of sp³-hybridized carbons (Fsp3) is 0.192. The van der Waals surface area contributed by atoms with E-state index in [-0.39, 0.29) is 18.3 Å². The van der Waals surface area contributed by atoms with Gasteiger partial charge in [0.25, 0.3) is 0 Å². The molecule has 1 amide bonds. The van der Waals surface area contributed by atoms with Crippen molar-refractivity contribution in [2.45, 2.75) is 6.04 Å². The molecule has 4 aromatic rings. The van der Waals surface area contributed by atoms with Gasteiger partial charge in [-0.25, -0.2) is 0 Å². The van der Waals surface area contributed by atoms with E-state index < -0.39 is 6.04 Å². The van der Waals surface area contributed by atoms with Crippen molar-refractivity contribution in [1.29, 1.82) is 0 Å². The lowest BCUT2D eigenvalue weighted by Gasteiger charge is -2.36. The smallest absolute Gasteiger partial charge is 0.244 e. The monoisotopic (exact) mass is 493 g/mol. The van der Waals surface area contributed by atoms with Crippen molar-refractivity contribution in [3.8, 4) is 11.3 Å². The molecule has 1 aromatic heterocycles. The van der Waals surface area contributed by atoms with Gasteiger partial charge in [-0.05, 0) is 17.7 Å². The van der Waals surface area contributed by atoms with Crippen molar-refractivity contribution in [3.05, 3.63) is 89.4 Å². The van der Waals surface area contributed by atoms with E-state index in [1.54, 1.807) is 0 Å². The summed E-state index contributed by atoms with van der Waals surface area (Å²) in [6.45, 7) is 2.53. The standard InChI is InChI=1S/C26H24ClN5O.ClH/c27-20-12-10-19(11-13-20)24-21-8-4-5-9-22(21)25(30-29-24)31-14-16-32(17-15-31)26(33)23(28)18-6-2-1-3-7-18;/h1-13,23H,14-17,28H2;1H. The molecule has 0 bridgehead atoms. The highest BCUT2D eigenvalue weighted by atomic mass is 35.5. The largest absolute Gasteiger partial charge is 0.351 e. The summed E-state index contributed by atoms with van der Waals surface area (Å²) in [6, 6.07) is 24.7. The third kappa shape index (κ3) is 4.71. The van der Waals surface area contributed by atoms with E-state index in [0.29, 0.717) is 31.2 Å². The summed E-state index contributed by atoms with van der Waals surface area (Å²) in [5.74, 6) is 0.789. The van der Waals surface area contributed by atoms with Crippen LogP contribution >= 0.6 is 24.0 Å². The van der Waals surface area contributed by atoms with Crippen LogP contribution < -0.4 is 10.6 Å². The molecule has 0 aliphatic carbocycles. The van der Waals surface area contributed by atoms with Gasteiger partial charge < -0.3 is 15.5 Å². The zero-order valence-corrected chi connectivity index (χ0v) is 20.0. The normalized spacial score (nSPS) is 14.5. The fourth-order valence-corrected chi connectivity index (χ4v) is 4.41. The zero-order chi connectivity index (χ0) is 22.8. The first-order valence-corrected chi connectivity index (χ1v) is 11.4. The molecule has 174 valence electrons. The summed E-state index contributed by atoms with van der Waals surface area (Å²) >= 11 is 6.05. The zero-order valence-electron chi connectivity index (χ0n) is 18.5. The number of hydrogen-bond acceptors (Lipinski definition) is 5. The second-order valence-corrected chi connectivity index (χ2v) is 8.56. The second kappa shape index (κ2) is 10.4. The molecule has 5 rings (SSSR count). The lowest BCUT2D eigenvalue weighted by atomic mass is 10.0. The number of carbonyl (C=O) groups is 1. The number of amides is 1. The van der Waals surface area contributed by atoms with Crippen molar-refractivity contribution >= 4 is 46.5 Å². The lowest BCUT2D eigenvalue weighted by Crippen LogP contribution is -2.51. The van der Waals surface area contributed by atoms with E-state index in [1.807, 2.05) is 71.6 Å². The third-order valence-corrected chi connectivity index (χ3v) is 6.35. The number of anilines is 1. The molecule has 0 saturated carbocycles. The molecule has 6 nitrogen and oxygen atoms in total. The number of piperazine rings is 1. The minimum absolute atomic E-state index is 0. The van der Waals surface area contributed by atoms with Crippen molar-refractivity contribution in [2.24, 2.45) is 5.73 Å². The van der Waals surface area contributed by atoms with Crippen LogP contribution in [0.2, 0.25) is 5.02 Å². The van der Waals surface area contributed by atoms with Crippen LogP contribution in [0.25, 0.3) is 22.0 Å². The third-order valence-electron chi connectivity index (χ3n) is 6.10. The van der Waals surface area contributed by atoms with Crippen LogP contribution in [0.3, 0.4) is 0 Å². The van der Waals surface area contributed by atoms with Crippen molar-refractivity contribution < 1.29 is 4.79 Å². The molecule has 2 N–H and O–H groups in total. The number of carbonyl (C=O) groups excluding carboxylic acids is 1. The molecule has 1 aliphatic rings. The maximum atomic E-state index is 12.9. The van der Waals surface area contributed by atoms with Crippen LogP contribution in [-0.2, 0) is 4.79 Å². The Morgan fingerprint density at radius 1 is 0.824 bits per heavy atom. The molecule has 0 spiro atoms. The van der Waals surface area contributed by atoms with Gasteiger partial charge in [0, 0.05) is 47.5 Å². The van der Waals surface area contributed by atoms with Crippen molar-refractivity contribution in [3.63, 3.8) is 0 Å². The van der Waals surface area contributed by atoms with Gasteiger partial charge in [0.1, 0.15) is 11.7 Å². The molecular weight excluding hydrogens is 469 g/mol. The van der Waals surface area contributed by atoms with E-state index in [0.717, 1.165) is 33.4 Å². The first-order chi connectivity index (χ1) is 16.1. The number of nitrogens with two attached hydrogens (primary N) is 1. The Balaban J connectivity index is 0.00000274. The Hall–Kier alpha value is -3.19. The maximum absolute atomic E-state index is 12.9. The number of halogens is 2. The lowest BCUT2D eigenvalue weighted by molar-refractivity contribution is -0.133. The Morgan fingerprint density at radius 2 is 1.44 bits per heavy atom. The Labute approximate surface area is 209 Å². The van der Waals surface area contributed by atoms with Crippen LogP contribution in [0.15, 0.2) is 78.9 Å². The average molecular weight is 494 g/mol. The van der Waals surface area contributed by atoms with E-state index in [4.69, 9.17) is 17.3 Å². The first-order valence-electron chi connectivity index (χ1n) is 11.0. The molecule has 34 heavy (non-hydrogen) atoms. The molecule has 1 unspecified atom stereocenters. The second-order valence-electron chi connectivity index (χ2n) is 8.13. The number of rotatable bonds is 4. The number of nitrogens with zero attached hydrogens (tertiary/aromatic N) is 4. The molecule has 2 heterocycles. The first kappa shape index (κ1) is 24.0. The van der Waals surface area contributed by atoms with E-state index in [2.05, 4.69) is 27.2 Å². The predicted molar refractivity (Wildman–Crippen MR) is 139 cm³/mol. The van der Waals surface area contributed by atoms with E-state index in [1.165, 1.54) is 0 Å². The van der Waals surface area contributed by atoms with Crippen LogP contribution in [0.1, 0.15) is 11.6 Å². The van der Waals surface area contributed by atoms with Crippen LogP contribution in [-0.4, -0.2) is 47.2 Å². The van der Waals surface area contributed by atoms with Crippen molar-refractivity contribution in [1.82, 2.24) is 15.1 Å². The molecule has 1 saturated heterocycles. The summed E-state index contributed by atoms with van der Waals surface area (Å²) in [5.41, 5.74) is 8.87. The summed E-state index contributed by atoms with van der Waals surface area (Å²) in [4.78, 5) is 17.0. The van der Waals surface area contributed by atoms with Gasteiger partial charge >= 0.3 is 0 Å². The maximum Gasteiger partial charge on any atom is 0.244 e. The summed E-state index contributed by atoms with van der Waals surface area (Å²) in [5, 5.41) is 11.9. The molecule has 1 atom stereocenters. The molecule has 0 radical (unpaired) electrons. The molecule has 1 aliphatic heterocycles. The van der Waals surface area contributed by atoms with Gasteiger partial charge in [0.2, 0.25) is 5.91 Å². The van der Waals surface area contributed by atoms with Crippen molar-refractivity contribution in [2.75, 3.05) is 31.1 Å². The van der Waals surface area contributed by atoms with Crippen LogP contribution in [0.4, 0.5) is 5.82 Å². The summed E-state index contributed by atoms with van der Waals surface area (Å²) in [7, 11) is 0. The minimum Gasteiger partial charge on any atom is -0.351 e.